The summed E-state index contributed by atoms with van der Waals surface area (Å²) in [6, 6.07) is 15.1. The molecule has 12 nitrogen and oxygen atoms in total. The van der Waals surface area contributed by atoms with Gasteiger partial charge in [0.2, 0.25) is 17.7 Å². The third kappa shape index (κ3) is 12.9. The van der Waals surface area contributed by atoms with Gasteiger partial charge in [-0.25, -0.2) is 4.79 Å². The molecule has 0 bridgehead atoms. The number of pyridine rings is 1. The average molecular weight is 720 g/mol. The monoisotopic (exact) mass is 719 g/mol. The van der Waals surface area contributed by atoms with Crippen LogP contribution in [-0.2, 0) is 32.1 Å². The van der Waals surface area contributed by atoms with Gasteiger partial charge < -0.3 is 36.2 Å². The van der Waals surface area contributed by atoms with Crippen LogP contribution in [0.3, 0.4) is 0 Å². The summed E-state index contributed by atoms with van der Waals surface area (Å²) in [6.07, 6.45) is 1.13. The lowest BCUT2D eigenvalue weighted by Gasteiger charge is -2.32. The molecule has 1 aromatic heterocycles. The van der Waals surface area contributed by atoms with Crippen LogP contribution >= 0.6 is 0 Å². The largest absolute Gasteiger partial charge is 0.445 e. The van der Waals surface area contributed by atoms with E-state index in [-0.39, 0.29) is 50.2 Å². The van der Waals surface area contributed by atoms with Gasteiger partial charge in [0, 0.05) is 18.0 Å². The van der Waals surface area contributed by atoms with Crippen LogP contribution in [0.15, 0.2) is 66.9 Å². The number of ether oxygens (including phenoxy) is 1. The normalized spacial score (nSPS) is 15.4. The minimum atomic E-state index is -1.22. The van der Waals surface area contributed by atoms with Crippen molar-refractivity contribution in [2.75, 3.05) is 6.61 Å². The van der Waals surface area contributed by atoms with Gasteiger partial charge in [0.05, 0.1) is 36.7 Å². The highest BCUT2D eigenvalue weighted by Crippen LogP contribution is 2.20. The third-order valence-corrected chi connectivity index (χ3v) is 9.57. The van der Waals surface area contributed by atoms with Gasteiger partial charge in [-0.3, -0.25) is 19.4 Å². The number of carbonyl (C=O) groups is 4. The minimum Gasteiger partial charge on any atom is -0.445 e. The fourth-order valence-corrected chi connectivity index (χ4v) is 6.03. The molecule has 3 aromatic rings. The van der Waals surface area contributed by atoms with Crippen molar-refractivity contribution in [3.05, 3.63) is 78.0 Å². The molecular weight excluding hydrogens is 662 g/mol. The Bertz CT molecular complexity index is 1580. The fraction of sp³-hybridized carbons (Fsp3) is 0.525. The fourth-order valence-electron chi connectivity index (χ4n) is 6.03. The van der Waals surface area contributed by atoms with E-state index in [4.69, 9.17) is 4.74 Å². The number of aliphatic hydroxyl groups excluding tert-OH is 2. The zero-order valence-corrected chi connectivity index (χ0v) is 31.3. The Labute approximate surface area is 307 Å². The topological polar surface area (TPSA) is 179 Å². The lowest BCUT2D eigenvalue weighted by Crippen LogP contribution is -2.58. The number of aliphatic hydroxyl groups is 2. The standard InChI is InChI=1S/C40H57N5O7/c1-7-26(5)34(23-46)42-36(48)22-35(47)37(27(6)8-2)45-39(50)32(20-25(3)4)43-38(49)33(44-40(51)52-24-28-14-10-9-11-15-28)21-29-16-12-18-31-30(29)17-13-19-41-31/h9-19,25-27,32-35,37,46-47H,7-8,20-24H2,1-6H3,(H,42,48)(H,43,49)(H,44,51)(H,45,50)/t26-,27?,32-,33-,34+,35-,37-/m0/s1. The lowest BCUT2D eigenvalue weighted by atomic mass is 9.91. The van der Waals surface area contributed by atoms with Crippen molar-refractivity contribution in [2.45, 2.75) is 111 Å². The molecule has 12 heteroatoms. The first-order chi connectivity index (χ1) is 24.9. The molecular formula is C40H57N5O7. The molecule has 0 radical (unpaired) electrons. The summed E-state index contributed by atoms with van der Waals surface area (Å²) in [6.45, 7) is 11.3. The second-order valence-corrected chi connectivity index (χ2v) is 14.1. The van der Waals surface area contributed by atoms with E-state index in [0.717, 1.165) is 28.5 Å². The number of nitrogens with one attached hydrogen (secondary N) is 4. The van der Waals surface area contributed by atoms with E-state index < -0.39 is 54.1 Å². The van der Waals surface area contributed by atoms with E-state index in [9.17, 15) is 29.4 Å². The van der Waals surface area contributed by atoms with Crippen molar-refractivity contribution < 1.29 is 34.1 Å². The minimum absolute atomic E-state index is 0.00356. The first-order valence-electron chi connectivity index (χ1n) is 18.3. The highest BCUT2D eigenvalue weighted by Gasteiger charge is 2.33. The molecule has 4 amide bonds. The van der Waals surface area contributed by atoms with E-state index in [1.165, 1.54) is 0 Å². The number of hydrogen-bond donors (Lipinski definition) is 6. The SMILES string of the molecule is CCC(C)[C@H](NC(=O)[C@H](CC(C)C)NC(=O)[C@H](Cc1cccc2ncccc12)NC(=O)OCc1ccccc1)[C@@H](O)CC(=O)N[C@H](CO)[C@@H](C)CC. The molecule has 0 saturated heterocycles. The molecule has 0 aliphatic carbocycles. The number of rotatable bonds is 20. The second kappa shape index (κ2) is 21.1. The van der Waals surface area contributed by atoms with Crippen LogP contribution in [0, 0.1) is 17.8 Å². The summed E-state index contributed by atoms with van der Waals surface area (Å²) >= 11 is 0. The zero-order chi connectivity index (χ0) is 38.2. The molecule has 1 unspecified atom stereocenters. The molecule has 1 heterocycles. The first-order valence-corrected chi connectivity index (χ1v) is 18.3. The van der Waals surface area contributed by atoms with Gasteiger partial charge in [-0.05, 0) is 47.4 Å². The summed E-state index contributed by atoms with van der Waals surface area (Å²) in [7, 11) is 0. The van der Waals surface area contributed by atoms with Crippen molar-refractivity contribution in [2.24, 2.45) is 17.8 Å². The summed E-state index contributed by atoms with van der Waals surface area (Å²) in [4.78, 5) is 58.4. The van der Waals surface area contributed by atoms with E-state index in [1.54, 1.807) is 12.3 Å². The van der Waals surface area contributed by atoms with E-state index >= 15 is 0 Å². The van der Waals surface area contributed by atoms with Gasteiger partial charge in [0.1, 0.15) is 18.7 Å². The van der Waals surface area contributed by atoms with Gasteiger partial charge >= 0.3 is 6.09 Å². The number of aromatic nitrogens is 1. The molecule has 6 N–H and O–H groups in total. The summed E-state index contributed by atoms with van der Waals surface area (Å²) in [5, 5.41) is 33.1. The van der Waals surface area contributed by atoms with Crippen LogP contribution in [0.5, 0.6) is 0 Å². The van der Waals surface area contributed by atoms with Crippen molar-refractivity contribution in [3.8, 4) is 0 Å². The maximum atomic E-state index is 14.1. The molecule has 52 heavy (non-hydrogen) atoms. The maximum absolute atomic E-state index is 14.1. The number of hydrogen-bond acceptors (Lipinski definition) is 8. The van der Waals surface area contributed by atoms with Crippen LogP contribution < -0.4 is 21.3 Å². The summed E-state index contributed by atoms with van der Waals surface area (Å²) < 4.78 is 5.45. The predicted octanol–water partition coefficient (Wildman–Crippen LogP) is 4.41. The average Bonchev–Trinajstić information content (AvgIpc) is 3.14. The number of alkyl carbamates (subject to hydrolysis) is 1. The van der Waals surface area contributed by atoms with Crippen molar-refractivity contribution in [1.82, 2.24) is 26.3 Å². The predicted molar refractivity (Wildman–Crippen MR) is 201 cm³/mol. The van der Waals surface area contributed by atoms with Crippen LogP contribution in [0.1, 0.15) is 78.4 Å². The Morgan fingerprint density at radius 2 is 1.48 bits per heavy atom. The number of amides is 4. The quantitative estimate of drug-likeness (QED) is 0.0995. The van der Waals surface area contributed by atoms with E-state index in [2.05, 4.69) is 26.3 Å². The van der Waals surface area contributed by atoms with Crippen LogP contribution in [0.25, 0.3) is 10.9 Å². The Morgan fingerprint density at radius 1 is 0.788 bits per heavy atom. The van der Waals surface area contributed by atoms with Gasteiger partial charge in [0.25, 0.3) is 0 Å². The van der Waals surface area contributed by atoms with Crippen molar-refractivity contribution >= 4 is 34.7 Å². The lowest BCUT2D eigenvalue weighted by molar-refractivity contribution is -0.132. The molecule has 0 aliphatic heterocycles. The Morgan fingerprint density at radius 3 is 2.13 bits per heavy atom. The van der Waals surface area contributed by atoms with Gasteiger partial charge in [-0.1, -0.05) is 103 Å². The van der Waals surface area contributed by atoms with Crippen molar-refractivity contribution in [1.29, 1.82) is 0 Å². The van der Waals surface area contributed by atoms with Crippen molar-refractivity contribution in [3.63, 3.8) is 0 Å². The zero-order valence-electron chi connectivity index (χ0n) is 31.3. The third-order valence-electron chi connectivity index (χ3n) is 9.57. The van der Waals surface area contributed by atoms with Gasteiger partial charge in [-0.2, -0.15) is 0 Å². The Kier molecular flexibility index (Phi) is 17.0. The Balaban J connectivity index is 1.81. The van der Waals surface area contributed by atoms with Gasteiger partial charge in [0.15, 0.2) is 0 Å². The number of carbonyl (C=O) groups excluding carboxylic acids is 4. The molecule has 2 aromatic carbocycles. The van der Waals surface area contributed by atoms with E-state index in [1.807, 2.05) is 96.1 Å². The summed E-state index contributed by atoms with van der Waals surface area (Å²) in [5.41, 5.74) is 2.29. The van der Waals surface area contributed by atoms with Gasteiger partial charge in [-0.15, -0.1) is 0 Å². The molecule has 0 saturated carbocycles. The summed E-state index contributed by atoms with van der Waals surface area (Å²) in [5.74, 6) is -1.70. The molecule has 7 atom stereocenters. The molecule has 0 spiro atoms. The molecule has 284 valence electrons. The highest BCUT2D eigenvalue weighted by molar-refractivity contribution is 5.92. The first kappa shape index (κ1) is 41.9. The highest BCUT2D eigenvalue weighted by atomic mass is 16.5. The van der Waals surface area contributed by atoms with Crippen LogP contribution in [0.4, 0.5) is 4.79 Å². The molecule has 0 fully saturated rings. The Hall–Kier alpha value is -4.55. The van der Waals surface area contributed by atoms with Crippen LogP contribution in [-0.4, -0.2) is 75.9 Å². The second-order valence-electron chi connectivity index (χ2n) is 14.1. The number of benzene rings is 2. The van der Waals surface area contributed by atoms with Crippen LogP contribution in [0.2, 0.25) is 0 Å². The maximum Gasteiger partial charge on any atom is 0.408 e. The molecule has 3 rings (SSSR count). The molecule has 0 aliphatic rings. The van der Waals surface area contributed by atoms with E-state index in [0.29, 0.717) is 6.42 Å². The smallest absolute Gasteiger partial charge is 0.408 e. The number of nitrogens with zero attached hydrogens (tertiary/aromatic N) is 1. The number of fused-ring (bicyclic) bond motifs is 1.